The maximum atomic E-state index is 12.3. The van der Waals surface area contributed by atoms with E-state index >= 15 is 0 Å². The number of piperidine rings is 1. The van der Waals surface area contributed by atoms with Crippen LogP contribution in [0.2, 0.25) is 5.02 Å². The van der Waals surface area contributed by atoms with Crippen molar-refractivity contribution in [3.05, 3.63) is 34.9 Å². The summed E-state index contributed by atoms with van der Waals surface area (Å²) < 4.78 is 5.90. The summed E-state index contributed by atoms with van der Waals surface area (Å²) in [7, 11) is 0. The first-order valence-electron chi connectivity index (χ1n) is 9.98. The smallest absolute Gasteiger partial charge is 0.307 e. The number of carbonyl (C=O) groups is 1. The Morgan fingerprint density at radius 3 is 2.58 bits per heavy atom. The van der Waals surface area contributed by atoms with Gasteiger partial charge >= 0.3 is 5.97 Å². The van der Waals surface area contributed by atoms with Crippen molar-refractivity contribution in [3.8, 4) is 0 Å². The Balaban J connectivity index is 1.43. The summed E-state index contributed by atoms with van der Waals surface area (Å²) in [6, 6.07) is 8.04. The largest absolute Gasteiger partial charge is 0.461 e. The van der Waals surface area contributed by atoms with Crippen LogP contribution in [0.5, 0.6) is 0 Å². The molecule has 144 valence electrons. The van der Waals surface area contributed by atoms with E-state index in [0.717, 1.165) is 43.3 Å². The SMILES string of the molecule is O=C(CCN1CCCCC1)OC1CCCCC1SCc1ccc(Cl)cc1. The van der Waals surface area contributed by atoms with Crippen LogP contribution in [0, 0.1) is 0 Å². The topological polar surface area (TPSA) is 29.5 Å². The van der Waals surface area contributed by atoms with Crippen LogP contribution in [-0.4, -0.2) is 41.9 Å². The van der Waals surface area contributed by atoms with E-state index in [1.54, 1.807) is 0 Å². The van der Waals surface area contributed by atoms with Crippen molar-refractivity contribution in [2.75, 3.05) is 19.6 Å². The number of likely N-dealkylation sites (tertiary alicyclic amines) is 1. The third kappa shape index (κ3) is 6.47. The van der Waals surface area contributed by atoms with Gasteiger partial charge in [-0.25, -0.2) is 0 Å². The predicted octanol–water partition coefficient (Wildman–Crippen LogP) is 5.30. The van der Waals surface area contributed by atoms with Crippen molar-refractivity contribution in [1.29, 1.82) is 0 Å². The van der Waals surface area contributed by atoms with Gasteiger partial charge in [0.25, 0.3) is 0 Å². The van der Waals surface area contributed by atoms with Gasteiger partial charge in [0.15, 0.2) is 0 Å². The zero-order valence-electron chi connectivity index (χ0n) is 15.5. The van der Waals surface area contributed by atoms with Crippen LogP contribution >= 0.6 is 23.4 Å². The first-order chi connectivity index (χ1) is 12.7. The highest BCUT2D eigenvalue weighted by molar-refractivity contribution is 7.99. The summed E-state index contributed by atoms with van der Waals surface area (Å²) in [4.78, 5) is 14.7. The van der Waals surface area contributed by atoms with E-state index in [0.29, 0.717) is 11.7 Å². The molecule has 0 aromatic heterocycles. The number of carbonyl (C=O) groups excluding carboxylic acids is 1. The van der Waals surface area contributed by atoms with E-state index in [2.05, 4.69) is 17.0 Å². The normalized spacial score (nSPS) is 24.3. The van der Waals surface area contributed by atoms with Crippen molar-refractivity contribution in [2.45, 2.75) is 68.5 Å². The first kappa shape index (κ1) is 20.0. The molecule has 1 aromatic carbocycles. The molecule has 26 heavy (non-hydrogen) atoms. The number of thioether (sulfide) groups is 1. The highest BCUT2D eigenvalue weighted by atomic mass is 35.5. The monoisotopic (exact) mass is 395 g/mol. The van der Waals surface area contributed by atoms with Gasteiger partial charge in [0.05, 0.1) is 6.42 Å². The minimum Gasteiger partial charge on any atom is -0.461 e. The van der Waals surface area contributed by atoms with E-state index in [-0.39, 0.29) is 12.1 Å². The lowest BCUT2D eigenvalue weighted by molar-refractivity contribution is -0.150. The lowest BCUT2D eigenvalue weighted by atomic mass is 9.97. The Morgan fingerprint density at radius 1 is 1.08 bits per heavy atom. The second-order valence-corrected chi connectivity index (χ2v) is 9.10. The molecule has 0 amide bonds. The molecule has 0 radical (unpaired) electrons. The molecule has 3 rings (SSSR count). The average molecular weight is 396 g/mol. The van der Waals surface area contributed by atoms with Gasteiger partial charge in [-0.05, 0) is 62.9 Å². The summed E-state index contributed by atoms with van der Waals surface area (Å²) in [5, 5.41) is 1.19. The Kier molecular flexibility index (Phi) is 8.15. The zero-order valence-corrected chi connectivity index (χ0v) is 17.1. The molecule has 3 nitrogen and oxygen atoms in total. The highest BCUT2D eigenvalue weighted by Gasteiger charge is 2.28. The Labute approximate surface area is 166 Å². The molecule has 0 spiro atoms. The summed E-state index contributed by atoms with van der Waals surface area (Å²) in [6.07, 6.45) is 9.02. The molecular weight excluding hydrogens is 366 g/mol. The number of rotatable bonds is 7. The number of ether oxygens (including phenoxy) is 1. The number of halogens is 1. The number of nitrogens with zero attached hydrogens (tertiary/aromatic N) is 1. The van der Waals surface area contributed by atoms with Crippen molar-refractivity contribution in [3.63, 3.8) is 0 Å². The lowest BCUT2D eigenvalue weighted by Crippen LogP contribution is -2.35. The summed E-state index contributed by atoms with van der Waals surface area (Å²) in [5.74, 6) is 0.934. The molecule has 0 N–H and O–H groups in total. The number of benzene rings is 1. The van der Waals surface area contributed by atoms with Gasteiger partial charge in [0, 0.05) is 22.6 Å². The third-order valence-electron chi connectivity index (χ3n) is 5.38. The van der Waals surface area contributed by atoms with Crippen LogP contribution in [0.3, 0.4) is 0 Å². The predicted molar refractivity (Wildman–Crippen MR) is 110 cm³/mol. The summed E-state index contributed by atoms with van der Waals surface area (Å²) >= 11 is 7.88. The molecule has 2 aliphatic rings. The van der Waals surface area contributed by atoms with Gasteiger partial charge in [-0.2, -0.15) is 0 Å². The average Bonchev–Trinajstić information content (AvgIpc) is 2.68. The van der Waals surface area contributed by atoms with E-state index < -0.39 is 0 Å². The van der Waals surface area contributed by atoms with Crippen molar-refractivity contribution < 1.29 is 9.53 Å². The molecule has 5 heteroatoms. The molecule has 1 heterocycles. The van der Waals surface area contributed by atoms with Gasteiger partial charge < -0.3 is 9.64 Å². The van der Waals surface area contributed by atoms with Gasteiger partial charge in [-0.15, -0.1) is 11.8 Å². The molecule has 2 unspecified atom stereocenters. The Bertz CT molecular complexity index is 560. The molecular formula is C21H30ClNO2S. The van der Waals surface area contributed by atoms with Gasteiger partial charge in [0.2, 0.25) is 0 Å². The standard InChI is InChI=1S/C21H30ClNO2S/c22-18-10-8-17(9-11-18)16-26-20-7-3-2-6-19(20)25-21(24)12-15-23-13-4-1-5-14-23/h8-11,19-20H,1-7,12-16H2. The van der Waals surface area contributed by atoms with Crippen molar-refractivity contribution in [1.82, 2.24) is 4.90 Å². The zero-order chi connectivity index (χ0) is 18.2. The van der Waals surface area contributed by atoms with Crippen LogP contribution in [0.4, 0.5) is 0 Å². The van der Waals surface area contributed by atoms with Crippen LogP contribution in [0.1, 0.15) is 56.9 Å². The van der Waals surface area contributed by atoms with Gasteiger partial charge in [-0.1, -0.05) is 36.6 Å². The number of hydrogen-bond donors (Lipinski definition) is 0. The summed E-state index contributed by atoms with van der Waals surface area (Å²) in [6.45, 7) is 3.13. The Hall–Kier alpha value is -0.710. The number of hydrogen-bond acceptors (Lipinski definition) is 4. The molecule has 1 aliphatic carbocycles. The summed E-state index contributed by atoms with van der Waals surface area (Å²) in [5.41, 5.74) is 1.28. The highest BCUT2D eigenvalue weighted by Crippen LogP contribution is 2.33. The molecule has 1 saturated heterocycles. The maximum Gasteiger partial charge on any atom is 0.307 e. The van der Waals surface area contributed by atoms with Gasteiger partial charge in [0.1, 0.15) is 6.10 Å². The van der Waals surface area contributed by atoms with Crippen molar-refractivity contribution in [2.24, 2.45) is 0 Å². The second kappa shape index (κ2) is 10.6. The molecule has 1 aromatic rings. The minimum atomic E-state index is -0.0143. The third-order valence-corrected chi connectivity index (χ3v) is 7.10. The first-order valence-corrected chi connectivity index (χ1v) is 11.4. The molecule has 0 bridgehead atoms. The Morgan fingerprint density at radius 2 is 1.81 bits per heavy atom. The molecule has 2 fully saturated rings. The molecule has 2 atom stereocenters. The molecule has 1 saturated carbocycles. The van der Waals surface area contributed by atoms with E-state index in [1.807, 2.05) is 23.9 Å². The van der Waals surface area contributed by atoms with Crippen LogP contribution in [0.25, 0.3) is 0 Å². The van der Waals surface area contributed by atoms with E-state index in [1.165, 1.54) is 37.7 Å². The minimum absolute atomic E-state index is 0.0143. The van der Waals surface area contributed by atoms with Crippen LogP contribution in [0.15, 0.2) is 24.3 Å². The van der Waals surface area contributed by atoms with Crippen LogP contribution in [-0.2, 0) is 15.3 Å². The fourth-order valence-electron chi connectivity index (χ4n) is 3.83. The van der Waals surface area contributed by atoms with Gasteiger partial charge in [-0.3, -0.25) is 4.79 Å². The number of esters is 1. The quantitative estimate of drug-likeness (QED) is 0.585. The maximum absolute atomic E-state index is 12.3. The second-order valence-electron chi connectivity index (χ2n) is 7.44. The lowest BCUT2D eigenvalue weighted by Gasteiger charge is -2.31. The van der Waals surface area contributed by atoms with Crippen molar-refractivity contribution >= 4 is 29.3 Å². The fourth-order valence-corrected chi connectivity index (χ4v) is 5.30. The van der Waals surface area contributed by atoms with E-state index in [9.17, 15) is 4.79 Å². The molecule has 1 aliphatic heterocycles. The van der Waals surface area contributed by atoms with Crippen LogP contribution < -0.4 is 0 Å². The fraction of sp³-hybridized carbons (Fsp3) is 0.667. The van der Waals surface area contributed by atoms with E-state index in [4.69, 9.17) is 16.3 Å².